The Morgan fingerprint density at radius 1 is 0.972 bits per heavy atom. The number of carbonyl (C=O) groups is 2. The Bertz CT molecular complexity index is 1280. The van der Waals surface area contributed by atoms with Crippen LogP contribution in [0.2, 0.25) is 0 Å². The summed E-state index contributed by atoms with van der Waals surface area (Å²) in [6, 6.07) is 19.2. The van der Waals surface area contributed by atoms with E-state index in [1.807, 2.05) is 6.07 Å². The van der Waals surface area contributed by atoms with Gasteiger partial charge in [0.25, 0.3) is 0 Å². The minimum atomic E-state index is -4.51. The van der Waals surface area contributed by atoms with Gasteiger partial charge in [-0.05, 0) is 47.9 Å². The lowest BCUT2D eigenvalue weighted by Crippen LogP contribution is -2.38. The highest BCUT2D eigenvalue weighted by Crippen LogP contribution is 2.39. The third kappa shape index (κ3) is 5.64. The van der Waals surface area contributed by atoms with E-state index in [-0.39, 0.29) is 31.1 Å². The van der Waals surface area contributed by atoms with Gasteiger partial charge < -0.3 is 9.64 Å². The second-order valence-corrected chi connectivity index (χ2v) is 8.55. The van der Waals surface area contributed by atoms with Crippen LogP contribution in [-0.4, -0.2) is 16.8 Å². The average Bonchev–Trinajstić information content (AvgIpc) is 2.85. The first kappa shape index (κ1) is 25.2. The fraction of sp³-hybridized carbons (Fsp3) is 0.214. The van der Waals surface area contributed by atoms with E-state index in [2.05, 4.69) is 0 Å². The fourth-order valence-corrected chi connectivity index (χ4v) is 4.28. The van der Waals surface area contributed by atoms with Crippen molar-refractivity contribution in [2.45, 2.75) is 38.6 Å². The van der Waals surface area contributed by atoms with Gasteiger partial charge in [-0.3, -0.25) is 4.79 Å². The molecule has 0 bridgehead atoms. The highest BCUT2D eigenvalue weighted by molar-refractivity contribution is 5.95. The van der Waals surface area contributed by atoms with Gasteiger partial charge in [0.1, 0.15) is 12.4 Å². The van der Waals surface area contributed by atoms with Crippen LogP contribution in [0.4, 0.5) is 17.6 Å². The van der Waals surface area contributed by atoms with Gasteiger partial charge in [0.2, 0.25) is 5.91 Å². The first-order valence-electron chi connectivity index (χ1n) is 11.3. The molecule has 0 spiro atoms. The van der Waals surface area contributed by atoms with Gasteiger partial charge in [-0.15, -0.1) is 0 Å². The second kappa shape index (κ2) is 10.4. The molecule has 1 heterocycles. The molecule has 1 aliphatic rings. The van der Waals surface area contributed by atoms with Crippen molar-refractivity contribution in [1.82, 2.24) is 4.90 Å². The van der Waals surface area contributed by atoms with Crippen molar-refractivity contribution < 1.29 is 31.9 Å². The van der Waals surface area contributed by atoms with Crippen LogP contribution in [0.25, 0.3) is 0 Å². The number of nitrogens with zero attached hydrogens (tertiary/aromatic N) is 1. The number of benzene rings is 3. The lowest BCUT2D eigenvalue weighted by molar-refractivity contribution is -0.142. The Morgan fingerprint density at radius 3 is 2.28 bits per heavy atom. The van der Waals surface area contributed by atoms with Crippen LogP contribution in [0.15, 0.2) is 90.1 Å². The SMILES string of the molecule is CC1=C(C(=O)OCc2ccccc2)C(c2ccc(C(F)(F)F)cc2)CC(=O)N1Cc1cccc(F)c1. The van der Waals surface area contributed by atoms with Crippen molar-refractivity contribution in [2.24, 2.45) is 0 Å². The first-order valence-corrected chi connectivity index (χ1v) is 11.3. The van der Waals surface area contributed by atoms with Crippen LogP contribution in [0, 0.1) is 5.82 Å². The molecule has 1 unspecified atom stereocenters. The third-order valence-corrected chi connectivity index (χ3v) is 6.13. The molecule has 0 saturated carbocycles. The van der Waals surface area contributed by atoms with Crippen molar-refractivity contribution in [1.29, 1.82) is 0 Å². The first-order chi connectivity index (χ1) is 17.1. The van der Waals surface area contributed by atoms with E-state index < -0.39 is 29.4 Å². The number of hydrogen-bond donors (Lipinski definition) is 0. The topological polar surface area (TPSA) is 46.6 Å². The molecule has 3 aromatic carbocycles. The number of allylic oxidation sites excluding steroid dienone is 1. The predicted octanol–water partition coefficient (Wildman–Crippen LogP) is 6.38. The molecule has 36 heavy (non-hydrogen) atoms. The molecule has 4 rings (SSSR count). The number of esters is 1. The summed E-state index contributed by atoms with van der Waals surface area (Å²) in [5, 5.41) is 0. The Kier molecular flexibility index (Phi) is 7.24. The summed E-state index contributed by atoms with van der Waals surface area (Å²) < 4.78 is 58.5. The molecule has 0 N–H and O–H groups in total. The van der Waals surface area contributed by atoms with Gasteiger partial charge in [0, 0.05) is 18.0 Å². The van der Waals surface area contributed by atoms with Crippen LogP contribution in [-0.2, 0) is 33.7 Å². The summed E-state index contributed by atoms with van der Waals surface area (Å²) in [6.45, 7) is 1.62. The number of hydrogen-bond acceptors (Lipinski definition) is 3. The second-order valence-electron chi connectivity index (χ2n) is 8.55. The molecule has 1 amide bonds. The lowest BCUT2D eigenvalue weighted by atomic mass is 9.83. The molecule has 0 aromatic heterocycles. The lowest BCUT2D eigenvalue weighted by Gasteiger charge is -2.34. The number of rotatable bonds is 6. The Labute approximate surface area is 205 Å². The Balaban J connectivity index is 1.69. The van der Waals surface area contributed by atoms with Crippen LogP contribution in [0.3, 0.4) is 0 Å². The summed E-state index contributed by atoms with van der Waals surface area (Å²) >= 11 is 0. The number of amides is 1. The van der Waals surface area contributed by atoms with E-state index in [9.17, 15) is 27.2 Å². The normalized spacial score (nSPS) is 16.3. The van der Waals surface area contributed by atoms with Crippen LogP contribution in [0.5, 0.6) is 0 Å². The van der Waals surface area contributed by atoms with Crippen LogP contribution < -0.4 is 0 Å². The average molecular weight is 497 g/mol. The van der Waals surface area contributed by atoms with Gasteiger partial charge in [-0.25, -0.2) is 9.18 Å². The molecule has 3 aromatic rings. The Morgan fingerprint density at radius 2 is 1.64 bits per heavy atom. The standard InChI is InChI=1S/C28H23F4NO3/c1-18-26(27(35)36-17-19-6-3-2-4-7-19)24(21-10-12-22(13-11-21)28(30,31)32)15-25(34)33(18)16-20-8-5-9-23(29)14-20/h2-14,24H,15-17H2,1H3. The van der Waals surface area contributed by atoms with E-state index in [0.29, 0.717) is 16.8 Å². The van der Waals surface area contributed by atoms with Crippen molar-refractivity contribution in [3.63, 3.8) is 0 Å². The van der Waals surface area contributed by atoms with Gasteiger partial charge >= 0.3 is 12.1 Å². The molecule has 4 nitrogen and oxygen atoms in total. The van der Waals surface area contributed by atoms with Crippen molar-refractivity contribution in [3.05, 3.63) is 118 Å². The zero-order valence-electron chi connectivity index (χ0n) is 19.4. The molecular weight excluding hydrogens is 474 g/mol. The molecule has 8 heteroatoms. The number of halogens is 4. The Hall–Kier alpha value is -3.94. The maximum atomic E-state index is 13.7. The molecule has 0 fully saturated rings. The van der Waals surface area contributed by atoms with E-state index >= 15 is 0 Å². The van der Waals surface area contributed by atoms with Crippen molar-refractivity contribution in [3.8, 4) is 0 Å². The molecular formula is C28H23F4NO3. The van der Waals surface area contributed by atoms with Gasteiger partial charge in [0.15, 0.2) is 0 Å². The van der Waals surface area contributed by atoms with E-state index in [1.165, 1.54) is 35.2 Å². The number of ether oxygens (including phenoxy) is 1. The summed E-state index contributed by atoms with van der Waals surface area (Å²) in [4.78, 5) is 27.8. The molecule has 0 aliphatic carbocycles. The summed E-state index contributed by atoms with van der Waals surface area (Å²) in [6.07, 6.45) is -4.65. The highest BCUT2D eigenvalue weighted by atomic mass is 19.4. The monoisotopic (exact) mass is 497 g/mol. The largest absolute Gasteiger partial charge is 0.457 e. The van der Waals surface area contributed by atoms with E-state index in [4.69, 9.17) is 4.74 Å². The zero-order chi connectivity index (χ0) is 25.9. The number of alkyl halides is 3. The molecule has 186 valence electrons. The maximum absolute atomic E-state index is 13.7. The van der Waals surface area contributed by atoms with E-state index in [1.54, 1.807) is 37.3 Å². The maximum Gasteiger partial charge on any atom is 0.416 e. The molecule has 1 atom stereocenters. The fourth-order valence-electron chi connectivity index (χ4n) is 4.28. The van der Waals surface area contributed by atoms with Gasteiger partial charge in [-0.2, -0.15) is 13.2 Å². The molecule has 1 aliphatic heterocycles. The zero-order valence-corrected chi connectivity index (χ0v) is 19.4. The van der Waals surface area contributed by atoms with E-state index in [0.717, 1.165) is 17.7 Å². The third-order valence-electron chi connectivity index (χ3n) is 6.13. The number of carbonyl (C=O) groups excluding carboxylic acids is 2. The summed E-state index contributed by atoms with van der Waals surface area (Å²) in [5.41, 5.74) is 1.37. The molecule has 0 saturated heterocycles. The highest BCUT2D eigenvalue weighted by Gasteiger charge is 2.38. The van der Waals surface area contributed by atoms with Crippen LogP contribution in [0.1, 0.15) is 41.5 Å². The summed E-state index contributed by atoms with van der Waals surface area (Å²) in [7, 11) is 0. The van der Waals surface area contributed by atoms with Gasteiger partial charge in [-0.1, -0.05) is 54.6 Å². The minimum Gasteiger partial charge on any atom is -0.457 e. The molecule has 0 radical (unpaired) electrons. The van der Waals surface area contributed by atoms with Gasteiger partial charge in [0.05, 0.1) is 17.7 Å². The quantitative estimate of drug-likeness (QED) is 0.293. The minimum absolute atomic E-state index is 0.00592. The summed E-state index contributed by atoms with van der Waals surface area (Å²) in [5.74, 6) is -2.24. The van der Waals surface area contributed by atoms with Crippen molar-refractivity contribution >= 4 is 11.9 Å². The van der Waals surface area contributed by atoms with Crippen molar-refractivity contribution in [2.75, 3.05) is 0 Å². The smallest absolute Gasteiger partial charge is 0.416 e. The van der Waals surface area contributed by atoms with Crippen LogP contribution >= 0.6 is 0 Å². The predicted molar refractivity (Wildman–Crippen MR) is 125 cm³/mol.